The molecule has 14 heteroatoms. The van der Waals surface area contributed by atoms with Crippen LogP contribution in [0.4, 0.5) is 28.4 Å². The highest BCUT2D eigenvalue weighted by Gasteiger charge is 2.55. The average Bonchev–Trinajstić information content (AvgIpc) is 3.18. The van der Waals surface area contributed by atoms with E-state index in [9.17, 15) is 27.6 Å². The number of alkyl halides is 3. The van der Waals surface area contributed by atoms with Gasteiger partial charge in [-0.2, -0.15) is 15.0 Å². The summed E-state index contributed by atoms with van der Waals surface area (Å²) in [6.45, 7) is 1.15. The number of methoxy groups -OCH3 is 1. The van der Waals surface area contributed by atoms with Crippen molar-refractivity contribution < 1.29 is 46.5 Å². The van der Waals surface area contributed by atoms with Crippen molar-refractivity contribution in [3.05, 3.63) is 58.6 Å². The summed E-state index contributed by atoms with van der Waals surface area (Å²) in [5, 5.41) is 5.53. The van der Waals surface area contributed by atoms with Gasteiger partial charge in [0.2, 0.25) is 5.60 Å². The van der Waals surface area contributed by atoms with Gasteiger partial charge in [0.15, 0.2) is 0 Å². The number of fused-ring (bicyclic) bond motifs is 3. The summed E-state index contributed by atoms with van der Waals surface area (Å²) >= 11 is 6.10. The van der Waals surface area contributed by atoms with Crippen LogP contribution in [0.15, 0.2) is 47.6 Å². The Labute approximate surface area is 213 Å². The first-order valence-corrected chi connectivity index (χ1v) is 11.1. The van der Waals surface area contributed by atoms with E-state index in [4.69, 9.17) is 21.1 Å². The quantitative estimate of drug-likeness (QED) is 0.525. The summed E-state index contributed by atoms with van der Waals surface area (Å²) in [5.41, 5.74) is -0.554. The van der Waals surface area contributed by atoms with Crippen molar-refractivity contribution in [3.8, 4) is 5.75 Å². The molecule has 2 aromatic rings. The molecule has 3 amide bonds. The molecule has 1 atom stereocenters. The maximum absolute atomic E-state index is 13.4. The van der Waals surface area contributed by atoms with Gasteiger partial charge < -0.3 is 18.9 Å². The van der Waals surface area contributed by atoms with E-state index in [2.05, 4.69) is 14.6 Å². The highest BCUT2D eigenvalue weighted by atomic mass is 35.5. The lowest BCUT2D eigenvalue weighted by atomic mass is 9.97. The van der Waals surface area contributed by atoms with Gasteiger partial charge in [0, 0.05) is 17.0 Å². The van der Waals surface area contributed by atoms with Crippen LogP contribution in [-0.2, 0) is 25.4 Å². The van der Waals surface area contributed by atoms with E-state index in [-0.39, 0.29) is 24.4 Å². The third-order valence-electron chi connectivity index (χ3n) is 5.50. The lowest BCUT2D eigenvalue weighted by Gasteiger charge is -2.35. The number of urea groups is 1. The summed E-state index contributed by atoms with van der Waals surface area (Å²) < 4.78 is 57.0. The van der Waals surface area contributed by atoms with Crippen LogP contribution in [-0.4, -0.2) is 61.2 Å². The number of hydrogen-bond donors (Lipinski definition) is 0. The first-order valence-electron chi connectivity index (χ1n) is 10.7. The van der Waals surface area contributed by atoms with Crippen LogP contribution in [0.5, 0.6) is 5.75 Å². The Bertz CT molecular complexity index is 1270. The van der Waals surface area contributed by atoms with Gasteiger partial charge in [-0.1, -0.05) is 17.7 Å². The minimum absolute atomic E-state index is 0.0595. The van der Waals surface area contributed by atoms with Gasteiger partial charge in [0.1, 0.15) is 18.2 Å². The van der Waals surface area contributed by atoms with Gasteiger partial charge in [0.25, 0.3) is 0 Å². The fourth-order valence-electron chi connectivity index (χ4n) is 3.95. The number of hydrazone groups is 1. The number of ether oxygens (including phenoxy) is 4. The SMILES string of the molecule is CCOC(=O)C12Cc3cc(Cl)ccc3C1=NN(C(=O)N(C(=O)OC)c1ccc(OC(F)(F)F)cc1)CO2. The number of nitrogens with zero attached hydrogens (tertiary/aromatic N) is 3. The number of carbonyl (C=O) groups excluding carboxylic acids is 3. The fraction of sp³-hybridized carbons (Fsp3) is 0.304. The minimum Gasteiger partial charge on any atom is -0.464 e. The molecule has 0 saturated heterocycles. The Morgan fingerprint density at radius 2 is 1.89 bits per heavy atom. The van der Waals surface area contributed by atoms with E-state index in [1.165, 1.54) is 0 Å². The lowest BCUT2D eigenvalue weighted by Crippen LogP contribution is -2.57. The Morgan fingerprint density at radius 3 is 2.51 bits per heavy atom. The molecule has 10 nitrogen and oxygen atoms in total. The molecular weight excluding hydrogens is 523 g/mol. The first kappa shape index (κ1) is 26.2. The molecule has 2 aliphatic rings. The zero-order valence-electron chi connectivity index (χ0n) is 19.4. The number of halogens is 4. The van der Waals surface area contributed by atoms with Crippen LogP contribution in [0.25, 0.3) is 0 Å². The molecule has 1 aliphatic carbocycles. The molecule has 4 rings (SSSR count). The van der Waals surface area contributed by atoms with E-state index in [1.54, 1.807) is 25.1 Å². The summed E-state index contributed by atoms with van der Waals surface area (Å²) in [6.07, 6.45) is -6.01. The molecule has 37 heavy (non-hydrogen) atoms. The van der Waals surface area contributed by atoms with E-state index < -0.39 is 42.5 Å². The van der Waals surface area contributed by atoms with E-state index >= 15 is 0 Å². The molecule has 0 bridgehead atoms. The topological polar surface area (TPSA) is 107 Å². The van der Waals surface area contributed by atoms with Crippen LogP contribution >= 0.6 is 11.6 Å². The molecule has 0 aromatic heterocycles. The van der Waals surface area contributed by atoms with E-state index in [0.29, 0.717) is 21.0 Å². The van der Waals surface area contributed by atoms with Crippen LogP contribution in [0, 0.1) is 0 Å². The predicted octanol–water partition coefficient (Wildman–Crippen LogP) is 4.48. The number of carbonyl (C=O) groups is 3. The zero-order chi connectivity index (χ0) is 27.0. The van der Waals surface area contributed by atoms with Crippen molar-refractivity contribution >= 4 is 41.1 Å². The molecule has 0 fully saturated rings. The monoisotopic (exact) mass is 541 g/mol. The molecule has 0 N–H and O–H groups in total. The highest BCUT2D eigenvalue weighted by Crippen LogP contribution is 2.39. The summed E-state index contributed by atoms with van der Waals surface area (Å²) in [6, 6.07) is 7.75. The second kappa shape index (κ2) is 9.90. The number of amides is 3. The van der Waals surface area contributed by atoms with Gasteiger partial charge in [-0.05, 0) is 48.9 Å². The third-order valence-corrected chi connectivity index (χ3v) is 5.74. The molecule has 1 aliphatic heterocycles. The third kappa shape index (κ3) is 5.04. The van der Waals surface area contributed by atoms with Crippen molar-refractivity contribution in [3.63, 3.8) is 0 Å². The van der Waals surface area contributed by atoms with Gasteiger partial charge in [-0.3, -0.25) is 0 Å². The van der Waals surface area contributed by atoms with Crippen LogP contribution < -0.4 is 9.64 Å². The second-order valence-corrected chi connectivity index (χ2v) is 8.21. The van der Waals surface area contributed by atoms with Gasteiger partial charge in [-0.15, -0.1) is 13.2 Å². The molecule has 1 heterocycles. The van der Waals surface area contributed by atoms with Gasteiger partial charge in [-0.25, -0.2) is 14.4 Å². The molecule has 0 saturated carbocycles. The number of esters is 1. The lowest BCUT2D eigenvalue weighted by molar-refractivity contribution is -0.274. The largest absolute Gasteiger partial charge is 0.573 e. The number of benzene rings is 2. The van der Waals surface area contributed by atoms with Crippen LogP contribution in [0.1, 0.15) is 18.1 Å². The minimum atomic E-state index is -4.92. The molecule has 2 aromatic carbocycles. The molecule has 0 spiro atoms. The highest BCUT2D eigenvalue weighted by molar-refractivity contribution is 6.31. The van der Waals surface area contributed by atoms with Crippen molar-refractivity contribution in [2.45, 2.75) is 25.3 Å². The van der Waals surface area contributed by atoms with Crippen LogP contribution in [0.2, 0.25) is 5.02 Å². The van der Waals surface area contributed by atoms with Crippen LogP contribution in [0.3, 0.4) is 0 Å². The number of anilines is 1. The molecule has 0 radical (unpaired) electrons. The van der Waals surface area contributed by atoms with Gasteiger partial charge >= 0.3 is 24.5 Å². The van der Waals surface area contributed by atoms with Gasteiger partial charge in [0.05, 0.1) is 19.4 Å². The Kier molecular flexibility index (Phi) is 7.02. The number of imide groups is 1. The molecular formula is C23H19ClF3N3O7. The predicted molar refractivity (Wildman–Crippen MR) is 122 cm³/mol. The standard InChI is InChI=1S/C23H19ClF3N3O7/c1-3-35-19(31)22-11-13-10-14(24)4-9-17(13)18(22)28-29(12-36-22)20(32)30(21(33)34-2)15-5-7-16(8-6-15)37-23(25,26)27/h4-10H,3,11-12H2,1-2H3. The number of rotatable bonds is 4. The fourth-order valence-corrected chi connectivity index (χ4v) is 4.15. The maximum atomic E-state index is 13.4. The smallest absolute Gasteiger partial charge is 0.464 e. The van der Waals surface area contributed by atoms with Crippen molar-refractivity contribution in [2.75, 3.05) is 25.3 Å². The zero-order valence-corrected chi connectivity index (χ0v) is 20.1. The summed E-state index contributed by atoms with van der Waals surface area (Å²) in [5.74, 6) is -1.27. The summed E-state index contributed by atoms with van der Waals surface area (Å²) in [7, 11) is 1.02. The number of hydrogen-bond acceptors (Lipinski definition) is 8. The Morgan fingerprint density at radius 1 is 1.19 bits per heavy atom. The van der Waals surface area contributed by atoms with E-state index in [0.717, 1.165) is 36.4 Å². The normalized spacial score (nSPS) is 18.3. The Hall–Kier alpha value is -3.84. The summed E-state index contributed by atoms with van der Waals surface area (Å²) in [4.78, 5) is 39.4. The molecule has 196 valence electrons. The average molecular weight is 542 g/mol. The first-order chi connectivity index (χ1) is 17.5. The molecule has 1 unspecified atom stereocenters. The van der Waals surface area contributed by atoms with Crippen molar-refractivity contribution in [1.29, 1.82) is 0 Å². The van der Waals surface area contributed by atoms with E-state index in [1.807, 2.05) is 0 Å². The Balaban J connectivity index is 1.70. The second-order valence-electron chi connectivity index (χ2n) is 7.78. The van der Waals surface area contributed by atoms with Crippen molar-refractivity contribution in [2.24, 2.45) is 5.10 Å². The van der Waals surface area contributed by atoms with Crippen molar-refractivity contribution in [1.82, 2.24) is 5.01 Å². The maximum Gasteiger partial charge on any atom is 0.573 e.